The molecule has 1 atom stereocenters. The van der Waals surface area contributed by atoms with Crippen molar-refractivity contribution in [2.24, 2.45) is 0 Å². The van der Waals surface area contributed by atoms with Gasteiger partial charge in [0.1, 0.15) is 28.8 Å². The summed E-state index contributed by atoms with van der Waals surface area (Å²) < 4.78 is 7.62. The quantitative estimate of drug-likeness (QED) is 0.303. The highest BCUT2D eigenvalue weighted by molar-refractivity contribution is 6.33. The lowest BCUT2D eigenvalue weighted by Crippen LogP contribution is -2.57. The largest absolute Gasteiger partial charge is 0.477 e. The van der Waals surface area contributed by atoms with Gasteiger partial charge in [-0.2, -0.15) is 0 Å². The second-order valence-corrected chi connectivity index (χ2v) is 12.3. The SMILES string of the molecule is CN(C)C1CN(c2ccc(-n3cc(C(=O)O)c(=O)c4cc(Cl)c(N5CCC[C@@]5(C)COc5ncccc5Cl)nc43)cn2)C1. The zero-order valence-electron chi connectivity index (χ0n) is 24.0. The summed E-state index contributed by atoms with van der Waals surface area (Å²) in [6, 6.07) is 9.17. The van der Waals surface area contributed by atoms with E-state index in [1.54, 1.807) is 29.1 Å². The van der Waals surface area contributed by atoms with Crippen LogP contribution in [0.3, 0.4) is 0 Å². The van der Waals surface area contributed by atoms with Crippen LogP contribution in [-0.4, -0.2) is 87.4 Å². The molecule has 11 nitrogen and oxygen atoms in total. The van der Waals surface area contributed by atoms with Gasteiger partial charge in [0.2, 0.25) is 11.3 Å². The molecule has 6 rings (SSSR count). The smallest absolute Gasteiger partial charge is 0.341 e. The molecule has 2 saturated heterocycles. The Labute approximate surface area is 258 Å². The van der Waals surface area contributed by atoms with Crippen LogP contribution in [0.1, 0.15) is 30.1 Å². The van der Waals surface area contributed by atoms with E-state index < -0.39 is 16.9 Å². The van der Waals surface area contributed by atoms with Crippen LogP contribution in [0.2, 0.25) is 10.0 Å². The van der Waals surface area contributed by atoms with E-state index in [4.69, 9.17) is 32.9 Å². The molecule has 0 bridgehead atoms. The summed E-state index contributed by atoms with van der Waals surface area (Å²) in [5.41, 5.74) is -0.688. The Kier molecular flexibility index (Phi) is 7.66. The molecule has 2 aliphatic heterocycles. The summed E-state index contributed by atoms with van der Waals surface area (Å²) in [6.07, 6.45) is 6.25. The van der Waals surface area contributed by atoms with E-state index >= 15 is 0 Å². The first kappa shape index (κ1) is 29.2. The monoisotopic (exact) mass is 623 g/mol. The second-order valence-electron chi connectivity index (χ2n) is 11.4. The molecule has 1 N–H and O–H groups in total. The van der Waals surface area contributed by atoms with Crippen molar-refractivity contribution in [2.75, 3.05) is 50.1 Å². The van der Waals surface area contributed by atoms with Crippen LogP contribution >= 0.6 is 23.2 Å². The fraction of sp³-hybridized carbons (Fsp3) is 0.367. The summed E-state index contributed by atoms with van der Waals surface area (Å²) >= 11 is 13.0. The molecule has 0 radical (unpaired) electrons. The lowest BCUT2D eigenvalue weighted by Gasteiger charge is -2.43. The van der Waals surface area contributed by atoms with E-state index in [0.717, 1.165) is 31.7 Å². The fourth-order valence-corrected chi connectivity index (χ4v) is 6.09. The van der Waals surface area contributed by atoms with Crippen LogP contribution in [0.15, 0.2) is 53.7 Å². The van der Waals surface area contributed by atoms with E-state index in [2.05, 4.69) is 45.7 Å². The molecular formula is C30H31Cl2N7O4. The number of rotatable bonds is 8. The van der Waals surface area contributed by atoms with Crippen LogP contribution in [0.25, 0.3) is 16.7 Å². The van der Waals surface area contributed by atoms with Crippen molar-refractivity contribution in [1.29, 1.82) is 0 Å². The number of likely N-dealkylation sites (N-methyl/N-ethyl adjacent to an activating group) is 1. The molecule has 4 aromatic heterocycles. The van der Waals surface area contributed by atoms with E-state index in [0.29, 0.717) is 35.0 Å². The Bertz CT molecular complexity index is 1760. The highest BCUT2D eigenvalue weighted by Crippen LogP contribution is 2.39. The number of halogens is 2. The number of aromatic carboxylic acids is 1. The predicted octanol–water partition coefficient (Wildman–Crippen LogP) is 4.37. The number of hydrogen-bond donors (Lipinski definition) is 1. The topological polar surface area (TPSA) is 117 Å². The molecular weight excluding hydrogens is 593 g/mol. The summed E-state index contributed by atoms with van der Waals surface area (Å²) in [5.74, 6) is 0.304. The van der Waals surface area contributed by atoms with Crippen molar-refractivity contribution < 1.29 is 14.6 Å². The van der Waals surface area contributed by atoms with Gasteiger partial charge in [0.25, 0.3) is 0 Å². The molecule has 13 heteroatoms. The standard InChI is InChI=1S/C30H31Cl2N7O4/c1-30(17-43-28-22(31)6-4-10-33-28)9-5-11-39(30)27-23(32)12-20-25(40)21(29(41)42)16-38(26(20)35-27)18-7-8-24(34-13-18)37-14-19(15-37)36(2)3/h4,6-8,10,12-13,16,19H,5,9,11,14-15,17H2,1-3H3,(H,41,42)/t30-/m0/s1. The molecule has 0 unspecified atom stereocenters. The Hall–Kier alpha value is -3.93. The van der Waals surface area contributed by atoms with Crippen molar-refractivity contribution in [3.8, 4) is 11.6 Å². The summed E-state index contributed by atoms with van der Waals surface area (Å²) in [7, 11) is 4.11. The third-order valence-corrected chi connectivity index (χ3v) is 8.89. The van der Waals surface area contributed by atoms with Crippen LogP contribution in [0.4, 0.5) is 11.6 Å². The summed E-state index contributed by atoms with van der Waals surface area (Å²) in [4.78, 5) is 45.5. The Morgan fingerprint density at radius 3 is 2.65 bits per heavy atom. The Morgan fingerprint density at radius 2 is 1.98 bits per heavy atom. The lowest BCUT2D eigenvalue weighted by atomic mass is 10.00. The van der Waals surface area contributed by atoms with Crippen molar-refractivity contribution in [2.45, 2.75) is 31.3 Å². The minimum atomic E-state index is -1.34. The van der Waals surface area contributed by atoms with Crippen molar-refractivity contribution >= 4 is 51.8 Å². The molecule has 0 amide bonds. The predicted molar refractivity (Wildman–Crippen MR) is 167 cm³/mol. The van der Waals surface area contributed by atoms with E-state index in [1.165, 1.54) is 12.3 Å². The maximum absolute atomic E-state index is 13.3. The van der Waals surface area contributed by atoms with Gasteiger partial charge in [-0.1, -0.05) is 23.2 Å². The third kappa shape index (κ3) is 5.37. The van der Waals surface area contributed by atoms with Gasteiger partial charge < -0.3 is 24.5 Å². The highest BCUT2D eigenvalue weighted by Gasteiger charge is 2.40. The van der Waals surface area contributed by atoms with Gasteiger partial charge in [0.05, 0.1) is 27.8 Å². The van der Waals surface area contributed by atoms with Crippen LogP contribution in [-0.2, 0) is 0 Å². The molecule has 0 spiro atoms. The summed E-state index contributed by atoms with van der Waals surface area (Å²) in [6.45, 7) is 4.74. The first-order valence-corrected chi connectivity index (χ1v) is 14.7. The van der Waals surface area contributed by atoms with Gasteiger partial charge in [0, 0.05) is 38.1 Å². The van der Waals surface area contributed by atoms with Crippen molar-refractivity contribution in [1.82, 2.24) is 24.4 Å². The number of ether oxygens (including phenoxy) is 1. The molecule has 0 aromatic carbocycles. The number of carboxylic acids is 1. The molecule has 2 fully saturated rings. The van der Waals surface area contributed by atoms with Gasteiger partial charge in [-0.3, -0.25) is 9.36 Å². The van der Waals surface area contributed by atoms with Crippen LogP contribution < -0.4 is 20.0 Å². The average molecular weight is 625 g/mol. The molecule has 0 saturated carbocycles. The zero-order valence-corrected chi connectivity index (χ0v) is 25.5. The molecule has 0 aliphatic carbocycles. The number of aromatic nitrogens is 4. The van der Waals surface area contributed by atoms with Gasteiger partial charge in [-0.25, -0.2) is 19.7 Å². The number of carboxylic acid groups (broad SMARTS) is 1. The number of fused-ring (bicyclic) bond motifs is 1. The van der Waals surface area contributed by atoms with Gasteiger partial charge in [-0.05, 0) is 64.2 Å². The first-order valence-electron chi connectivity index (χ1n) is 13.9. The zero-order chi connectivity index (χ0) is 30.5. The normalized spacial score (nSPS) is 18.8. The molecule has 4 aromatic rings. The molecule has 43 heavy (non-hydrogen) atoms. The minimum Gasteiger partial charge on any atom is -0.477 e. The lowest BCUT2D eigenvalue weighted by molar-refractivity contribution is 0.0695. The van der Waals surface area contributed by atoms with Crippen molar-refractivity contribution in [3.63, 3.8) is 0 Å². The maximum atomic E-state index is 13.3. The van der Waals surface area contributed by atoms with Gasteiger partial charge >= 0.3 is 5.97 Å². The minimum absolute atomic E-state index is 0.103. The average Bonchev–Trinajstić information content (AvgIpc) is 3.33. The van der Waals surface area contributed by atoms with Gasteiger partial charge in [-0.15, -0.1) is 0 Å². The molecule has 224 valence electrons. The van der Waals surface area contributed by atoms with Crippen LogP contribution in [0.5, 0.6) is 5.88 Å². The van der Waals surface area contributed by atoms with Gasteiger partial charge in [0.15, 0.2) is 5.65 Å². The first-order chi connectivity index (χ1) is 20.6. The van der Waals surface area contributed by atoms with Crippen LogP contribution in [0, 0.1) is 0 Å². The third-order valence-electron chi connectivity index (χ3n) is 8.32. The second kappa shape index (κ2) is 11.3. The Balaban J connectivity index is 1.39. The number of hydrogen-bond acceptors (Lipinski definition) is 9. The summed E-state index contributed by atoms with van der Waals surface area (Å²) in [5, 5.41) is 10.6. The number of anilines is 2. The number of pyridine rings is 4. The van der Waals surface area contributed by atoms with Crippen molar-refractivity contribution in [3.05, 3.63) is 74.8 Å². The van der Waals surface area contributed by atoms with E-state index in [1.807, 2.05) is 12.1 Å². The molecule has 6 heterocycles. The van der Waals surface area contributed by atoms with E-state index in [9.17, 15) is 14.7 Å². The fourth-order valence-electron chi connectivity index (χ4n) is 5.67. The maximum Gasteiger partial charge on any atom is 0.341 e. The molecule has 2 aliphatic rings. The van der Waals surface area contributed by atoms with E-state index in [-0.39, 0.29) is 28.2 Å². The number of nitrogens with zero attached hydrogens (tertiary/aromatic N) is 7. The Morgan fingerprint density at radius 1 is 1.19 bits per heavy atom. The highest BCUT2D eigenvalue weighted by atomic mass is 35.5. The number of carbonyl (C=O) groups is 1.